The Bertz CT molecular complexity index is 1140. The predicted octanol–water partition coefficient (Wildman–Crippen LogP) is 3.39. The number of anilines is 1. The molecule has 0 unspecified atom stereocenters. The van der Waals surface area contributed by atoms with E-state index in [0.717, 1.165) is 5.69 Å². The number of hydrogen-bond acceptors (Lipinski definition) is 7. The summed E-state index contributed by atoms with van der Waals surface area (Å²) in [6.07, 6.45) is 3.39. The lowest BCUT2D eigenvalue weighted by Gasteiger charge is -2.30. The van der Waals surface area contributed by atoms with Crippen molar-refractivity contribution in [1.29, 1.82) is 0 Å². The van der Waals surface area contributed by atoms with Gasteiger partial charge < -0.3 is 5.32 Å². The number of ketones is 1. The molecule has 2 aromatic heterocycles. The molecule has 1 aliphatic heterocycles. The van der Waals surface area contributed by atoms with Gasteiger partial charge in [-0.25, -0.2) is 18.4 Å². The zero-order valence-electron chi connectivity index (χ0n) is 17.2. The van der Waals surface area contributed by atoms with E-state index in [1.807, 2.05) is 13.8 Å². The summed E-state index contributed by atoms with van der Waals surface area (Å²) >= 11 is 7.18. The van der Waals surface area contributed by atoms with Crippen LogP contribution in [0.3, 0.4) is 0 Å². The minimum absolute atomic E-state index is 0.0273. The third-order valence-corrected chi connectivity index (χ3v) is 9.03. The number of nitrogens with zero attached hydrogens (tertiary/aromatic N) is 3. The van der Waals surface area contributed by atoms with Crippen molar-refractivity contribution in [2.75, 3.05) is 18.4 Å². The van der Waals surface area contributed by atoms with Crippen molar-refractivity contribution in [2.45, 2.75) is 44.4 Å². The number of carbonyl (C=O) groups excluding carboxylic acids is 2. The first-order valence-electron chi connectivity index (χ1n) is 10.0. The Labute approximate surface area is 190 Å². The number of rotatable bonds is 4. The minimum atomic E-state index is -3.76. The molecule has 4 rings (SSSR count). The van der Waals surface area contributed by atoms with E-state index in [4.69, 9.17) is 11.6 Å². The number of aromatic nitrogens is 2. The molecule has 1 fully saturated rings. The van der Waals surface area contributed by atoms with Gasteiger partial charge in [-0.1, -0.05) is 36.8 Å². The maximum atomic E-state index is 12.8. The van der Waals surface area contributed by atoms with Crippen molar-refractivity contribution in [1.82, 2.24) is 14.3 Å². The smallest absolute Gasteiger partial charge is 0.246 e. The van der Waals surface area contributed by atoms with E-state index >= 15 is 0 Å². The number of Topliss-reactive ketones (excluding diaryl/α,β-unsaturated/α-hetero) is 1. The molecular formula is C20H23ClN4O4S2. The maximum absolute atomic E-state index is 12.8. The molecule has 2 aromatic rings. The zero-order valence-corrected chi connectivity index (χ0v) is 19.6. The van der Waals surface area contributed by atoms with Crippen LogP contribution in [0.5, 0.6) is 0 Å². The lowest BCUT2D eigenvalue weighted by molar-refractivity contribution is -0.120. The van der Waals surface area contributed by atoms with Crippen LogP contribution in [0.15, 0.2) is 23.2 Å². The van der Waals surface area contributed by atoms with Crippen LogP contribution in [-0.2, 0) is 21.2 Å². The van der Waals surface area contributed by atoms with Gasteiger partial charge in [0, 0.05) is 31.6 Å². The number of hydrogen-bond donors (Lipinski definition) is 1. The number of fused-ring (bicyclic) bond motifs is 1. The molecule has 1 aliphatic carbocycles. The Kier molecular flexibility index (Phi) is 5.93. The lowest BCUT2D eigenvalue weighted by Crippen LogP contribution is -2.41. The van der Waals surface area contributed by atoms with Crippen LogP contribution < -0.4 is 5.32 Å². The van der Waals surface area contributed by atoms with E-state index in [-0.39, 0.29) is 46.2 Å². The molecule has 3 heterocycles. The van der Waals surface area contributed by atoms with Crippen LogP contribution >= 0.6 is 22.9 Å². The second kappa shape index (κ2) is 8.23. The predicted molar refractivity (Wildman–Crippen MR) is 118 cm³/mol. The largest absolute Gasteiger partial charge is 0.302 e. The highest BCUT2D eigenvalue weighted by molar-refractivity contribution is 7.89. The van der Waals surface area contributed by atoms with Gasteiger partial charge in [-0.05, 0) is 36.8 Å². The normalized spacial score (nSPS) is 19.8. The lowest BCUT2D eigenvalue weighted by atomic mass is 9.78. The van der Waals surface area contributed by atoms with Gasteiger partial charge in [0.2, 0.25) is 15.9 Å². The second-order valence-corrected chi connectivity index (χ2v) is 12.0. The Morgan fingerprint density at radius 3 is 2.68 bits per heavy atom. The summed E-state index contributed by atoms with van der Waals surface area (Å²) < 4.78 is 27.0. The van der Waals surface area contributed by atoms with E-state index in [2.05, 4.69) is 15.3 Å². The third-order valence-electron chi connectivity index (χ3n) is 5.63. The molecule has 0 saturated carbocycles. The Morgan fingerprint density at radius 1 is 1.29 bits per heavy atom. The van der Waals surface area contributed by atoms with E-state index in [1.54, 1.807) is 0 Å². The number of piperidine rings is 1. The number of nitrogens with one attached hydrogen (secondary N) is 1. The van der Waals surface area contributed by atoms with Gasteiger partial charge in [0.05, 0.1) is 10.6 Å². The zero-order chi connectivity index (χ0) is 22.4. The molecule has 8 nitrogen and oxygen atoms in total. The first kappa shape index (κ1) is 22.3. The van der Waals surface area contributed by atoms with Crippen molar-refractivity contribution in [3.05, 3.63) is 34.1 Å². The van der Waals surface area contributed by atoms with Gasteiger partial charge in [-0.15, -0.1) is 0 Å². The average Bonchev–Trinajstić information content (AvgIpc) is 3.09. The molecule has 0 spiro atoms. The monoisotopic (exact) mass is 482 g/mol. The molecule has 1 saturated heterocycles. The van der Waals surface area contributed by atoms with Gasteiger partial charge in [0.1, 0.15) is 10.0 Å². The highest BCUT2D eigenvalue weighted by Crippen LogP contribution is 2.38. The molecule has 0 aromatic carbocycles. The molecule has 11 heteroatoms. The second-order valence-electron chi connectivity index (χ2n) is 8.70. The minimum Gasteiger partial charge on any atom is -0.302 e. The fourth-order valence-corrected chi connectivity index (χ4v) is 6.86. The summed E-state index contributed by atoms with van der Waals surface area (Å²) in [4.78, 5) is 34.0. The van der Waals surface area contributed by atoms with E-state index < -0.39 is 10.0 Å². The summed E-state index contributed by atoms with van der Waals surface area (Å²) in [6.45, 7) is 4.50. The van der Waals surface area contributed by atoms with Crippen molar-refractivity contribution >= 4 is 49.8 Å². The molecular weight excluding hydrogens is 460 g/mol. The number of thiazole rings is 1. The summed E-state index contributed by atoms with van der Waals surface area (Å²) in [6, 6.07) is 2.95. The molecule has 0 atom stereocenters. The fourth-order valence-electron chi connectivity index (χ4n) is 4.04. The number of carbonyl (C=O) groups is 2. The first-order valence-corrected chi connectivity index (χ1v) is 12.6. The molecule has 0 radical (unpaired) electrons. The third kappa shape index (κ3) is 4.52. The van der Waals surface area contributed by atoms with E-state index in [0.29, 0.717) is 35.7 Å². The molecule has 0 bridgehead atoms. The van der Waals surface area contributed by atoms with Crippen LogP contribution in [0, 0.1) is 11.3 Å². The molecule has 1 N–H and O–H groups in total. The number of amides is 1. The van der Waals surface area contributed by atoms with Crippen molar-refractivity contribution in [2.24, 2.45) is 11.3 Å². The van der Waals surface area contributed by atoms with Gasteiger partial charge in [-0.2, -0.15) is 4.31 Å². The van der Waals surface area contributed by atoms with Crippen LogP contribution in [0.4, 0.5) is 5.13 Å². The summed E-state index contributed by atoms with van der Waals surface area (Å²) in [5.41, 5.74) is 0.616. The Morgan fingerprint density at radius 2 is 2.00 bits per heavy atom. The van der Waals surface area contributed by atoms with E-state index in [1.165, 1.54) is 34.0 Å². The van der Waals surface area contributed by atoms with Crippen LogP contribution in [-0.4, -0.2) is 47.5 Å². The van der Waals surface area contributed by atoms with Gasteiger partial charge in [0.15, 0.2) is 10.9 Å². The molecule has 2 aliphatic rings. The number of sulfonamides is 1. The highest BCUT2D eigenvalue weighted by atomic mass is 35.5. The Hall–Kier alpha value is -1.88. The SMILES string of the molecule is CC1(C)CC(=O)c2sc(NC(=O)C3CCN(S(=O)(=O)c4cccnc4Cl)CC3)nc2C1. The van der Waals surface area contributed by atoms with E-state index in [9.17, 15) is 18.0 Å². The van der Waals surface area contributed by atoms with Crippen molar-refractivity contribution in [3.63, 3.8) is 0 Å². The average molecular weight is 483 g/mol. The maximum Gasteiger partial charge on any atom is 0.246 e. The van der Waals surface area contributed by atoms with Gasteiger partial charge in [0.25, 0.3) is 0 Å². The molecule has 31 heavy (non-hydrogen) atoms. The van der Waals surface area contributed by atoms with Crippen molar-refractivity contribution in [3.8, 4) is 0 Å². The quantitative estimate of drug-likeness (QED) is 0.669. The molecule has 1 amide bonds. The van der Waals surface area contributed by atoms with Crippen LogP contribution in [0.1, 0.15) is 48.5 Å². The fraction of sp³-hybridized carbons (Fsp3) is 0.500. The highest BCUT2D eigenvalue weighted by Gasteiger charge is 2.36. The topological polar surface area (TPSA) is 109 Å². The summed E-state index contributed by atoms with van der Waals surface area (Å²) in [5.74, 6) is -0.463. The number of pyridine rings is 1. The first-order chi connectivity index (χ1) is 14.6. The summed E-state index contributed by atoms with van der Waals surface area (Å²) in [5, 5.41) is 3.20. The molecule has 166 valence electrons. The van der Waals surface area contributed by atoms with Crippen molar-refractivity contribution < 1.29 is 18.0 Å². The van der Waals surface area contributed by atoms with Crippen LogP contribution in [0.25, 0.3) is 0 Å². The van der Waals surface area contributed by atoms with Gasteiger partial charge >= 0.3 is 0 Å². The van der Waals surface area contributed by atoms with Crippen LogP contribution in [0.2, 0.25) is 5.15 Å². The van der Waals surface area contributed by atoms with Gasteiger partial charge in [-0.3, -0.25) is 9.59 Å². The Balaban J connectivity index is 1.40. The summed E-state index contributed by atoms with van der Waals surface area (Å²) in [7, 11) is -3.76. The standard InChI is InChI=1S/C20H23ClN4O4S2/c1-20(2)10-13-16(14(26)11-20)30-19(23-13)24-18(27)12-5-8-25(9-6-12)31(28,29)15-4-3-7-22-17(15)21/h3-4,7,12H,5-6,8-11H2,1-2H3,(H,23,24,27). The number of halogens is 1.